The van der Waals surface area contributed by atoms with E-state index >= 15 is 0 Å². The lowest BCUT2D eigenvalue weighted by Crippen LogP contribution is -2.26. The lowest BCUT2D eigenvalue weighted by molar-refractivity contribution is -0.122. The van der Waals surface area contributed by atoms with Crippen LogP contribution >= 0.6 is 0 Å². The number of aromatic amines is 1. The quantitative estimate of drug-likeness (QED) is 0.468. The summed E-state index contributed by atoms with van der Waals surface area (Å²) in [4.78, 5) is 18.0. The first-order valence-corrected chi connectivity index (χ1v) is 8.26. The molecule has 0 saturated heterocycles. The minimum Gasteiger partial charge on any atom is -0.496 e. The SMILES string of the molecule is C=CCc1cc(CN(CCO)Cc2cnc(C)[nH]2)ccc1OC.O=CO. The molecule has 7 heteroatoms. The Hall–Kier alpha value is -2.64. The Balaban J connectivity index is 0.00000105. The first-order chi connectivity index (χ1) is 12.6. The van der Waals surface area contributed by atoms with E-state index in [0.717, 1.165) is 42.3 Å². The van der Waals surface area contributed by atoms with Gasteiger partial charge in [0, 0.05) is 31.5 Å². The second kappa shape index (κ2) is 11.8. The van der Waals surface area contributed by atoms with E-state index in [4.69, 9.17) is 14.6 Å². The van der Waals surface area contributed by atoms with Crippen molar-refractivity contribution in [1.82, 2.24) is 14.9 Å². The molecule has 1 aromatic heterocycles. The third kappa shape index (κ3) is 7.08. The molecule has 0 unspecified atom stereocenters. The zero-order valence-electron chi connectivity index (χ0n) is 15.3. The van der Waals surface area contributed by atoms with Crippen molar-refractivity contribution in [2.75, 3.05) is 20.3 Å². The van der Waals surface area contributed by atoms with Gasteiger partial charge in [0.1, 0.15) is 11.6 Å². The molecule has 3 N–H and O–H groups in total. The Kier molecular flexibility index (Phi) is 9.74. The lowest BCUT2D eigenvalue weighted by atomic mass is 10.1. The van der Waals surface area contributed by atoms with Crippen LogP contribution in [0.2, 0.25) is 0 Å². The normalized spacial score (nSPS) is 10.2. The van der Waals surface area contributed by atoms with Gasteiger partial charge in [-0.2, -0.15) is 0 Å². The summed E-state index contributed by atoms with van der Waals surface area (Å²) in [6.45, 7) is 7.71. The molecule has 7 nitrogen and oxygen atoms in total. The predicted molar refractivity (Wildman–Crippen MR) is 100 cm³/mol. The van der Waals surface area contributed by atoms with Crippen molar-refractivity contribution in [2.24, 2.45) is 0 Å². The Morgan fingerprint density at radius 3 is 2.65 bits per heavy atom. The molecule has 142 valence electrons. The van der Waals surface area contributed by atoms with Gasteiger partial charge in [0.15, 0.2) is 0 Å². The number of allylic oxidation sites excluding steroid dienone is 1. The van der Waals surface area contributed by atoms with E-state index < -0.39 is 0 Å². The van der Waals surface area contributed by atoms with Gasteiger partial charge in [-0.25, -0.2) is 4.98 Å². The molecule has 0 aliphatic rings. The van der Waals surface area contributed by atoms with E-state index in [-0.39, 0.29) is 13.1 Å². The molecular weight excluding hydrogens is 334 g/mol. The van der Waals surface area contributed by atoms with Crippen molar-refractivity contribution in [3.63, 3.8) is 0 Å². The van der Waals surface area contributed by atoms with Crippen LogP contribution in [0.4, 0.5) is 0 Å². The molecule has 0 bridgehead atoms. The van der Waals surface area contributed by atoms with E-state index in [1.807, 2.05) is 25.3 Å². The summed E-state index contributed by atoms with van der Waals surface area (Å²) in [7, 11) is 1.68. The van der Waals surface area contributed by atoms with Crippen LogP contribution in [0, 0.1) is 6.92 Å². The molecule has 0 fully saturated rings. The molecule has 0 aliphatic heterocycles. The first-order valence-electron chi connectivity index (χ1n) is 8.26. The fourth-order valence-corrected chi connectivity index (χ4v) is 2.65. The monoisotopic (exact) mass is 361 g/mol. The summed E-state index contributed by atoms with van der Waals surface area (Å²) in [6.07, 6.45) is 4.49. The summed E-state index contributed by atoms with van der Waals surface area (Å²) in [5.74, 6) is 1.79. The third-order valence-electron chi connectivity index (χ3n) is 3.68. The zero-order valence-corrected chi connectivity index (χ0v) is 15.3. The van der Waals surface area contributed by atoms with Crippen molar-refractivity contribution in [2.45, 2.75) is 26.4 Å². The second-order valence-corrected chi connectivity index (χ2v) is 5.67. The van der Waals surface area contributed by atoms with E-state index in [0.29, 0.717) is 6.54 Å². The van der Waals surface area contributed by atoms with E-state index in [1.54, 1.807) is 7.11 Å². The molecule has 0 amide bonds. The Morgan fingerprint density at radius 1 is 1.38 bits per heavy atom. The highest BCUT2D eigenvalue weighted by atomic mass is 16.5. The average molecular weight is 361 g/mol. The van der Waals surface area contributed by atoms with Gasteiger partial charge < -0.3 is 19.9 Å². The molecule has 1 aromatic carbocycles. The van der Waals surface area contributed by atoms with Crippen LogP contribution in [0.5, 0.6) is 5.75 Å². The summed E-state index contributed by atoms with van der Waals surface area (Å²) in [6, 6.07) is 6.20. The molecule has 2 rings (SSSR count). The van der Waals surface area contributed by atoms with E-state index in [9.17, 15) is 5.11 Å². The number of nitrogens with zero attached hydrogens (tertiary/aromatic N) is 2. The number of aliphatic hydroxyl groups excluding tert-OH is 1. The highest BCUT2D eigenvalue weighted by molar-refractivity contribution is 5.38. The number of carboxylic acid groups (broad SMARTS) is 1. The van der Waals surface area contributed by atoms with Crippen molar-refractivity contribution < 1.29 is 19.7 Å². The van der Waals surface area contributed by atoms with Gasteiger partial charge in [0.2, 0.25) is 0 Å². The number of nitrogens with one attached hydrogen (secondary N) is 1. The lowest BCUT2D eigenvalue weighted by Gasteiger charge is -2.21. The number of H-pyrrole nitrogens is 1. The van der Waals surface area contributed by atoms with Crippen molar-refractivity contribution in [1.29, 1.82) is 0 Å². The fraction of sp³-hybridized carbons (Fsp3) is 0.368. The first kappa shape index (κ1) is 21.4. The summed E-state index contributed by atoms with van der Waals surface area (Å²) < 4.78 is 5.39. The van der Waals surface area contributed by atoms with Gasteiger partial charge in [-0.05, 0) is 30.5 Å². The molecule has 0 saturated carbocycles. The number of methoxy groups -OCH3 is 1. The molecule has 0 spiro atoms. The Morgan fingerprint density at radius 2 is 2.12 bits per heavy atom. The maximum Gasteiger partial charge on any atom is 0.290 e. The average Bonchev–Trinajstić information content (AvgIpc) is 3.01. The predicted octanol–water partition coefficient (Wildman–Crippen LogP) is 2.15. The van der Waals surface area contributed by atoms with Gasteiger partial charge in [-0.1, -0.05) is 18.2 Å². The standard InChI is InChI=1S/C18H25N3O2.CH2O2/c1-4-5-16-10-15(6-7-18(16)23-3)12-21(8-9-22)13-17-11-19-14(2)20-17;2-1-3/h4,6-7,10-11,22H,1,5,8-9,12-13H2,2-3H3,(H,19,20);1H,(H,2,3). The minimum atomic E-state index is -0.250. The van der Waals surface area contributed by atoms with Crippen LogP contribution in [0.3, 0.4) is 0 Å². The van der Waals surface area contributed by atoms with Crippen LogP contribution in [0.25, 0.3) is 0 Å². The number of carbonyl (C=O) groups is 1. The second-order valence-electron chi connectivity index (χ2n) is 5.67. The van der Waals surface area contributed by atoms with Gasteiger partial charge in [0.05, 0.1) is 13.7 Å². The van der Waals surface area contributed by atoms with E-state index in [2.05, 4.69) is 33.6 Å². The fourth-order valence-electron chi connectivity index (χ4n) is 2.65. The molecule has 2 aromatic rings. The number of ether oxygens (including phenoxy) is 1. The summed E-state index contributed by atoms with van der Waals surface area (Å²) in [5, 5.41) is 16.2. The topological polar surface area (TPSA) is 98.7 Å². The number of benzene rings is 1. The minimum absolute atomic E-state index is 0.128. The number of aryl methyl sites for hydroxylation is 1. The summed E-state index contributed by atoms with van der Waals surface area (Å²) >= 11 is 0. The molecular formula is C19H27N3O4. The largest absolute Gasteiger partial charge is 0.496 e. The maximum absolute atomic E-state index is 9.32. The Bertz CT molecular complexity index is 685. The highest BCUT2D eigenvalue weighted by Crippen LogP contribution is 2.22. The van der Waals surface area contributed by atoms with Crippen molar-refractivity contribution >= 4 is 6.47 Å². The number of aliphatic hydroxyl groups is 1. The van der Waals surface area contributed by atoms with Crippen molar-refractivity contribution in [3.05, 3.63) is 59.7 Å². The smallest absolute Gasteiger partial charge is 0.290 e. The number of imidazole rings is 1. The zero-order chi connectivity index (χ0) is 19.4. The van der Waals surface area contributed by atoms with Gasteiger partial charge in [-0.3, -0.25) is 9.69 Å². The van der Waals surface area contributed by atoms with Crippen LogP contribution in [0.15, 0.2) is 37.1 Å². The van der Waals surface area contributed by atoms with Crippen molar-refractivity contribution in [3.8, 4) is 5.75 Å². The molecule has 0 radical (unpaired) electrons. The number of hydrogen-bond acceptors (Lipinski definition) is 5. The van der Waals surface area contributed by atoms with Gasteiger partial charge >= 0.3 is 0 Å². The van der Waals surface area contributed by atoms with Crippen LogP contribution in [0.1, 0.15) is 22.6 Å². The van der Waals surface area contributed by atoms with Gasteiger partial charge in [-0.15, -0.1) is 6.58 Å². The maximum atomic E-state index is 9.32. The Labute approximate surface area is 154 Å². The molecule has 26 heavy (non-hydrogen) atoms. The van der Waals surface area contributed by atoms with Crippen LogP contribution < -0.4 is 4.74 Å². The molecule has 0 aliphatic carbocycles. The number of hydrogen-bond donors (Lipinski definition) is 3. The van der Waals surface area contributed by atoms with E-state index in [1.165, 1.54) is 5.56 Å². The van der Waals surface area contributed by atoms with Crippen LogP contribution in [-0.4, -0.2) is 51.8 Å². The summed E-state index contributed by atoms with van der Waals surface area (Å²) in [5.41, 5.74) is 3.37. The third-order valence-corrected chi connectivity index (χ3v) is 3.68. The molecule has 1 heterocycles. The van der Waals surface area contributed by atoms with Crippen LogP contribution in [-0.2, 0) is 24.3 Å². The van der Waals surface area contributed by atoms with Gasteiger partial charge in [0.25, 0.3) is 6.47 Å². The molecule has 0 atom stereocenters. The number of aromatic nitrogens is 2. The number of rotatable bonds is 9. The highest BCUT2D eigenvalue weighted by Gasteiger charge is 2.10.